The first-order valence-corrected chi connectivity index (χ1v) is 6.86. The number of sulfonamides is 1. The molecule has 0 aliphatic heterocycles. The van der Waals surface area contributed by atoms with Crippen molar-refractivity contribution in [2.45, 2.75) is 30.7 Å². The fourth-order valence-corrected chi connectivity index (χ4v) is 2.81. The van der Waals surface area contributed by atoms with Crippen LogP contribution in [-0.4, -0.2) is 21.0 Å². The monoisotopic (exact) mass is 242 g/mol. The summed E-state index contributed by atoms with van der Waals surface area (Å²) in [4.78, 5) is 0.297. The van der Waals surface area contributed by atoms with Gasteiger partial charge in [0.15, 0.2) is 0 Å². The number of nitrogens with two attached hydrogens (primary N) is 1. The fourth-order valence-electron chi connectivity index (χ4n) is 1.43. The molecule has 0 aliphatic carbocycles. The van der Waals surface area contributed by atoms with Gasteiger partial charge in [0, 0.05) is 6.04 Å². The molecule has 0 fully saturated rings. The molecule has 90 valence electrons. The molecule has 16 heavy (non-hydrogen) atoms. The van der Waals surface area contributed by atoms with Gasteiger partial charge >= 0.3 is 0 Å². The molecule has 4 nitrogen and oxygen atoms in total. The Kier molecular flexibility index (Phi) is 4.92. The van der Waals surface area contributed by atoms with E-state index >= 15 is 0 Å². The zero-order valence-corrected chi connectivity index (χ0v) is 10.2. The summed E-state index contributed by atoms with van der Waals surface area (Å²) >= 11 is 0. The summed E-state index contributed by atoms with van der Waals surface area (Å²) < 4.78 is 26.5. The van der Waals surface area contributed by atoms with Gasteiger partial charge in [-0.2, -0.15) is 0 Å². The van der Waals surface area contributed by atoms with E-state index in [4.69, 9.17) is 5.73 Å². The lowest BCUT2D eigenvalue weighted by molar-refractivity contribution is 0.521. The predicted molar refractivity (Wildman–Crippen MR) is 64.5 cm³/mol. The average Bonchev–Trinajstić information content (AvgIpc) is 2.29. The van der Waals surface area contributed by atoms with Gasteiger partial charge in [-0.1, -0.05) is 25.1 Å². The summed E-state index contributed by atoms with van der Waals surface area (Å²) in [7, 11) is -3.40. The Morgan fingerprint density at radius 1 is 1.31 bits per heavy atom. The SMILES string of the molecule is CCC(CCN)NS(=O)(=O)c1ccccc1. The molecule has 1 rings (SSSR count). The van der Waals surface area contributed by atoms with Gasteiger partial charge in [0.05, 0.1) is 4.90 Å². The highest BCUT2D eigenvalue weighted by molar-refractivity contribution is 7.89. The Bertz CT molecular complexity index is 403. The molecule has 1 unspecified atom stereocenters. The highest BCUT2D eigenvalue weighted by atomic mass is 32.2. The van der Waals surface area contributed by atoms with Crippen LogP contribution in [0.3, 0.4) is 0 Å². The smallest absolute Gasteiger partial charge is 0.240 e. The lowest BCUT2D eigenvalue weighted by atomic mass is 10.2. The van der Waals surface area contributed by atoms with E-state index in [1.54, 1.807) is 30.3 Å². The van der Waals surface area contributed by atoms with E-state index in [9.17, 15) is 8.42 Å². The topological polar surface area (TPSA) is 72.2 Å². The van der Waals surface area contributed by atoms with Crippen LogP contribution in [0.4, 0.5) is 0 Å². The molecule has 0 amide bonds. The highest BCUT2D eigenvalue weighted by Gasteiger charge is 2.17. The van der Waals surface area contributed by atoms with Gasteiger partial charge in [0.1, 0.15) is 0 Å². The van der Waals surface area contributed by atoms with E-state index < -0.39 is 10.0 Å². The molecule has 0 bridgehead atoms. The highest BCUT2D eigenvalue weighted by Crippen LogP contribution is 2.09. The van der Waals surface area contributed by atoms with Crippen LogP contribution in [0.15, 0.2) is 35.2 Å². The minimum Gasteiger partial charge on any atom is -0.330 e. The number of hydrogen-bond donors (Lipinski definition) is 2. The van der Waals surface area contributed by atoms with Gasteiger partial charge in [-0.3, -0.25) is 0 Å². The van der Waals surface area contributed by atoms with Crippen LogP contribution < -0.4 is 10.5 Å². The van der Waals surface area contributed by atoms with Crippen molar-refractivity contribution in [1.82, 2.24) is 4.72 Å². The molecule has 1 aromatic rings. The first-order chi connectivity index (χ1) is 7.60. The molecule has 0 spiro atoms. The predicted octanol–water partition coefficient (Wildman–Crippen LogP) is 1.09. The number of benzene rings is 1. The van der Waals surface area contributed by atoms with Crippen LogP contribution in [0.25, 0.3) is 0 Å². The third-order valence-corrected chi connectivity index (χ3v) is 3.92. The standard InChI is InChI=1S/C11H18N2O2S/c1-2-10(8-9-12)13-16(14,15)11-6-4-3-5-7-11/h3-7,10,13H,2,8-9,12H2,1H3. The van der Waals surface area contributed by atoms with Crippen molar-refractivity contribution < 1.29 is 8.42 Å². The molecule has 0 saturated heterocycles. The van der Waals surface area contributed by atoms with Crippen LogP contribution in [0.5, 0.6) is 0 Å². The molecular weight excluding hydrogens is 224 g/mol. The fraction of sp³-hybridized carbons (Fsp3) is 0.455. The maximum absolute atomic E-state index is 11.9. The zero-order chi connectivity index (χ0) is 12.0. The van der Waals surface area contributed by atoms with Gasteiger partial charge in [-0.05, 0) is 31.5 Å². The Balaban J connectivity index is 2.79. The molecule has 0 heterocycles. The third-order valence-electron chi connectivity index (χ3n) is 2.38. The molecule has 1 aromatic carbocycles. The largest absolute Gasteiger partial charge is 0.330 e. The molecule has 1 atom stereocenters. The lowest BCUT2D eigenvalue weighted by Crippen LogP contribution is -2.35. The number of hydrogen-bond acceptors (Lipinski definition) is 3. The van der Waals surface area contributed by atoms with Gasteiger partial charge in [-0.15, -0.1) is 0 Å². The quantitative estimate of drug-likeness (QED) is 0.784. The van der Waals surface area contributed by atoms with Crippen LogP contribution >= 0.6 is 0 Å². The van der Waals surface area contributed by atoms with Crippen LogP contribution in [-0.2, 0) is 10.0 Å². The average molecular weight is 242 g/mol. The van der Waals surface area contributed by atoms with Gasteiger partial charge in [-0.25, -0.2) is 13.1 Å². The Labute approximate surface area is 96.9 Å². The Morgan fingerprint density at radius 2 is 1.94 bits per heavy atom. The van der Waals surface area contributed by atoms with E-state index in [1.165, 1.54) is 0 Å². The van der Waals surface area contributed by atoms with Crippen molar-refractivity contribution in [3.8, 4) is 0 Å². The van der Waals surface area contributed by atoms with Gasteiger partial charge in [0.25, 0.3) is 0 Å². The number of rotatable bonds is 6. The van der Waals surface area contributed by atoms with Crippen LogP contribution in [0, 0.1) is 0 Å². The molecule has 0 aromatic heterocycles. The van der Waals surface area contributed by atoms with Crippen molar-refractivity contribution >= 4 is 10.0 Å². The van der Waals surface area contributed by atoms with Crippen LogP contribution in [0.1, 0.15) is 19.8 Å². The lowest BCUT2D eigenvalue weighted by Gasteiger charge is -2.15. The maximum Gasteiger partial charge on any atom is 0.240 e. The molecule has 5 heteroatoms. The van der Waals surface area contributed by atoms with Gasteiger partial charge in [0.2, 0.25) is 10.0 Å². The summed E-state index contributed by atoms with van der Waals surface area (Å²) in [5.41, 5.74) is 5.43. The van der Waals surface area contributed by atoms with E-state index in [0.717, 1.165) is 6.42 Å². The van der Waals surface area contributed by atoms with E-state index in [0.29, 0.717) is 17.9 Å². The summed E-state index contributed by atoms with van der Waals surface area (Å²) in [5, 5.41) is 0. The van der Waals surface area contributed by atoms with Gasteiger partial charge < -0.3 is 5.73 Å². The first-order valence-electron chi connectivity index (χ1n) is 5.37. The van der Waals surface area contributed by atoms with Crippen LogP contribution in [0.2, 0.25) is 0 Å². The minimum absolute atomic E-state index is 0.0878. The molecule has 0 radical (unpaired) electrons. The zero-order valence-electron chi connectivity index (χ0n) is 9.39. The Hall–Kier alpha value is -0.910. The summed E-state index contributed by atoms with van der Waals surface area (Å²) in [5.74, 6) is 0. The van der Waals surface area contributed by atoms with Crippen molar-refractivity contribution in [3.05, 3.63) is 30.3 Å². The van der Waals surface area contributed by atoms with Crippen molar-refractivity contribution in [3.63, 3.8) is 0 Å². The first kappa shape index (κ1) is 13.2. The Morgan fingerprint density at radius 3 is 2.44 bits per heavy atom. The second kappa shape index (κ2) is 5.98. The van der Waals surface area contributed by atoms with E-state index in [1.807, 2.05) is 6.92 Å². The molecular formula is C11H18N2O2S. The number of nitrogens with one attached hydrogen (secondary N) is 1. The van der Waals surface area contributed by atoms with Crippen molar-refractivity contribution in [1.29, 1.82) is 0 Å². The van der Waals surface area contributed by atoms with Crippen molar-refractivity contribution in [2.24, 2.45) is 5.73 Å². The normalized spacial score (nSPS) is 13.6. The molecule has 0 aliphatic rings. The van der Waals surface area contributed by atoms with E-state index in [-0.39, 0.29) is 6.04 Å². The summed E-state index contributed by atoms with van der Waals surface area (Å²) in [6.45, 7) is 2.42. The molecule has 0 saturated carbocycles. The third kappa shape index (κ3) is 3.59. The minimum atomic E-state index is -3.40. The van der Waals surface area contributed by atoms with Crippen molar-refractivity contribution in [2.75, 3.05) is 6.54 Å². The summed E-state index contributed by atoms with van der Waals surface area (Å²) in [6, 6.07) is 8.28. The second-order valence-corrected chi connectivity index (χ2v) is 5.33. The maximum atomic E-state index is 11.9. The second-order valence-electron chi connectivity index (χ2n) is 3.62. The summed E-state index contributed by atoms with van der Waals surface area (Å²) in [6.07, 6.45) is 1.39. The molecule has 3 N–H and O–H groups in total. The van der Waals surface area contributed by atoms with E-state index in [2.05, 4.69) is 4.72 Å².